The zero-order valence-corrected chi connectivity index (χ0v) is 8.43. The molecule has 0 fully saturated rings. The molecule has 0 saturated carbocycles. The zero-order valence-electron chi connectivity index (χ0n) is 8.43. The van der Waals surface area contributed by atoms with Crippen molar-refractivity contribution in [2.45, 2.75) is 19.4 Å². The fourth-order valence-electron chi connectivity index (χ4n) is 1.64. The molecule has 1 heterocycles. The van der Waals surface area contributed by atoms with Gasteiger partial charge < -0.3 is 5.32 Å². The Balaban J connectivity index is 2.11. The van der Waals surface area contributed by atoms with Gasteiger partial charge in [0.15, 0.2) is 0 Å². The van der Waals surface area contributed by atoms with E-state index in [1.54, 1.807) is 0 Å². The molecular weight excluding hydrogens is 198 g/mol. The summed E-state index contributed by atoms with van der Waals surface area (Å²) in [7, 11) is 0. The summed E-state index contributed by atoms with van der Waals surface area (Å²) < 4.78 is 25.8. The van der Waals surface area contributed by atoms with Crippen LogP contribution < -0.4 is 5.32 Å². The maximum atomic E-state index is 12.9. The van der Waals surface area contributed by atoms with E-state index < -0.39 is 11.6 Å². The molecule has 80 valence electrons. The summed E-state index contributed by atoms with van der Waals surface area (Å²) in [5, 5.41) is 3.15. The number of hydrogen-bond acceptors (Lipinski definition) is 2. The highest BCUT2D eigenvalue weighted by Crippen LogP contribution is 2.10. The van der Waals surface area contributed by atoms with Crippen molar-refractivity contribution >= 4 is 5.84 Å². The summed E-state index contributed by atoms with van der Waals surface area (Å²) in [4.78, 5) is 4.23. The minimum Gasteiger partial charge on any atom is -0.369 e. The molecule has 2 rings (SSSR count). The predicted molar refractivity (Wildman–Crippen MR) is 55.0 cm³/mol. The van der Waals surface area contributed by atoms with Gasteiger partial charge in [-0.25, -0.2) is 8.78 Å². The smallest absolute Gasteiger partial charge is 0.126 e. The summed E-state index contributed by atoms with van der Waals surface area (Å²) in [5.41, 5.74) is 0.604. The lowest BCUT2D eigenvalue weighted by molar-refractivity contribution is 0.581. The molecule has 4 heteroatoms. The number of nitrogens with one attached hydrogen (secondary N) is 1. The Hall–Kier alpha value is -1.45. The molecule has 0 spiro atoms. The highest BCUT2D eigenvalue weighted by Gasteiger charge is 2.13. The second-order valence-corrected chi connectivity index (χ2v) is 3.79. The summed E-state index contributed by atoms with van der Waals surface area (Å²) in [6, 6.07) is 3.85. The van der Waals surface area contributed by atoms with Crippen LogP contribution in [0.2, 0.25) is 0 Å². The SMILES string of the molecule is CC1CN=C(Cc2cc(F)cc(F)c2)N1. The van der Waals surface area contributed by atoms with Gasteiger partial charge in [-0.3, -0.25) is 4.99 Å². The molecule has 0 bridgehead atoms. The zero-order chi connectivity index (χ0) is 10.8. The molecule has 0 amide bonds. The van der Waals surface area contributed by atoms with Crippen LogP contribution in [0.1, 0.15) is 12.5 Å². The van der Waals surface area contributed by atoms with Crippen LogP contribution in [0.3, 0.4) is 0 Å². The van der Waals surface area contributed by atoms with E-state index in [1.807, 2.05) is 6.92 Å². The first-order valence-corrected chi connectivity index (χ1v) is 4.88. The maximum Gasteiger partial charge on any atom is 0.126 e. The van der Waals surface area contributed by atoms with Crippen LogP contribution in [0.25, 0.3) is 0 Å². The summed E-state index contributed by atoms with van der Waals surface area (Å²) in [5.74, 6) is -0.291. The van der Waals surface area contributed by atoms with Crippen LogP contribution in [0, 0.1) is 11.6 Å². The Bertz CT molecular complexity index is 381. The minimum absolute atomic E-state index is 0.318. The second-order valence-electron chi connectivity index (χ2n) is 3.79. The standard InChI is InChI=1S/C11H12F2N2/c1-7-6-14-11(15-7)4-8-2-9(12)5-10(13)3-8/h2-3,5,7H,4,6H2,1H3,(H,14,15). The number of rotatable bonds is 2. The average Bonchev–Trinajstić information content (AvgIpc) is 2.49. The molecule has 1 aliphatic heterocycles. The van der Waals surface area contributed by atoms with E-state index in [-0.39, 0.29) is 0 Å². The summed E-state index contributed by atoms with van der Waals surface area (Å²) >= 11 is 0. The van der Waals surface area contributed by atoms with Crippen LogP contribution >= 0.6 is 0 Å². The van der Waals surface area contributed by atoms with Crippen LogP contribution in [0.5, 0.6) is 0 Å². The van der Waals surface area contributed by atoms with E-state index in [1.165, 1.54) is 12.1 Å². The van der Waals surface area contributed by atoms with Gasteiger partial charge in [0.05, 0.1) is 6.54 Å². The van der Waals surface area contributed by atoms with Crippen molar-refractivity contribution in [3.63, 3.8) is 0 Å². The Labute approximate surface area is 87.0 Å². The number of hydrogen-bond donors (Lipinski definition) is 1. The van der Waals surface area contributed by atoms with Gasteiger partial charge in [0.25, 0.3) is 0 Å². The molecule has 1 aromatic carbocycles. The van der Waals surface area contributed by atoms with E-state index >= 15 is 0 Å². The lowest BCUT2D eigenvalue weighted by Gasteiger charge is -2.06. The highest BCUT2D eigenvalue weighted by molar-refractivity contribution is 5.86. The molecule has 1 N–H and O–H groups in total. The van der Waals surface area contributed by atoms with Gasteiger partial charge in [-0.15, -0.1) is 0 Å². The summed E-state index contributed by atoms with van der Waals surface area (Å²) in [6.07, 6.45) is 0.457. The van der Waals surface area contributed by atoms with Crippen LogP contribution in [-0.4, -0.2) is 18.4 Å². The van der Waals surface area contributed by atoms with Crippen molar-refractivity contribution in [3.05, 3.63) is 35.4 Å². The quantitative estimate of drug-likeness (QED) is 0.792. The third kappa shape index (κ3) is 2.52. The predicted octanol–water partition coefficient (Wildman–Crippen LogP) is 1.90. The largest absolute Gasteiger partial charge is 0.369 e. The van der Waals surface area contributed by atoms with Gasteiger partial charge in [-0.05, 0) is 24.6 Å². The topological polar surface area (TPSA) is 24.4 Å². The molecule has 2 nitrogen and oxygen atoms in total. The Morgan fingerprint density at radius 2 is 2.00 bits per heavy atom. The van der Waals surface area contributed by atoms with Gasteiger partial charge in [-0.1, -0.05) is 0 Å². The summed E-state index contributed by atoms with van der Waals surface area (Å²) in [6.45, 7) is 2.75. The van der Waals surface area contributed by atoms with E-state index in [0.29, 0.717) is 18.0 Å². The second kappa shape index (κ2) is 3.96. The van der Waals surface area contributed by atoms with Gasteiger partial charge in [-0.2, -0.15) is 0 Å². The van der Waals surface area contributed by atoms with Crippen molar-refractivity contribution in [3.8, 4) is 0 Å². The molecule has 0 saturated heterocycles. The van der Waals surface area contributed by atoms with E-state index in [4.69, 9.17) is 0 Å². The molecule has 15 heavy (non-hydrogen) atoms. The van der Waals surface area contributed by atoms with Gasteiger partial charge in [0.1, 0.15) is 17.5 Å². The first-order chi connectivity index (χ1) is 7.13. The maximum absolute atomic E-state index is 12.9. The van der Waals surface area contributed by atoms with Gasteiger partial charge in [0.2, 0.25) is 0 Å². The molecule has 1 atom stereocenters. The van der Waals surface area contributed by atoms with Gasteiger partial charge in [0, 0.05) is 18.5 Å². The lowest BCUT2D eigenvalue weighted by Crippen LogP contribution is -2.28. The Morgan fingerprint density at radius 3 is 2.53 bits per heavy atom. The van der Waals surface area contributed by atoms with Crippen molar-refractivity contribution in [2.75, 3.05) is 6.54 Å². The fraction of sp³-hybridized carbons (Fsp3) is 0.364. The number of aliphatic imine (C=N–C) groups is 1. The molecule has 1 aromatic rings. The highest BCUT2D eigenvalue weighted by atomic mass is 19.1. The van der Waals surface area contributed by atoms with Crippen LogP contribution in [0.4, 0.5) is 8.78 Å². The molecule has 1 unspecified atom stereocenters. The fourth-order valence-corrected chi connectivity index (χ4v) is 1.64. The number of nitrogens with zero attached hydrogens (tertiary/aromatic N) is 1. The first kappa shape index (κ1) is 10.1. The van der Waals surface area contributed by atoms with Crippen molar-refractivity contribution in [1.29, 1.82) is 0 Å². The molecule has 0 aliphatic carbocycles. The normalized spacial score (nSPS) is 19.9. The number of amidine groups is 1. The Morgan fingerprint density at radius 1 is 1.33 bits per heavy atom. The third-order valence-corrected chi connectivity index (χ3v) is 2.26. The molecule has 0 aromatic heterocycles. The number of benzene rings is 1. The van der Waals surface area contributed by atoms with E-state index in [2.05, 4.69) is 10.3 Å². The molecule has 1 aliphatic rings. The van der Waals surface area contributed by atoms with Crippen LogP contribution in [-0.2, 0) is 6.42 Å². The van der Waals surface area contributed by atoms with E-state index in [9.17, 15) is 8.78 Å². The van der Waals surface area contributed by atoms with Crippen molar-refractivity contribution in [2.24, 2.45) is 4.99 Å². The molecule has 0 radical (unpaired) electrons. The molecular formula is C11H12F2N2. The Kier molecular flexibility index (Phi) is 2.66. The van der Waals surface area contributed by atoms with Crippen molar-refractivity contribution in [1.82, 2.24) is 5.32 Å². The van der Waals surface area contributed by atoms with Crippen LogP contribution in [0.15, 0.2) is 23.2 Å². The lowest BCUT2D eigenvalue weighted by atomic mass is 10.1. The first-order valence-electron chi connectivity index (χ1n) is 4.88. The third-order valence-electron chi connectivity index (χ3n) is 2.26. The van der Waals surface area contributed by atoms with Gasteiger partial charge >= 0.3 is 0 Å². The van der Waals surface area contributed by atoms with Crippen molar-refractivity contribution < 1.29 is 8.78 Å². The van der Waals surface area contributed by atoms with E-state index in [0.717, 1.165) is 18.4 Å². The average molecular weight is 210 g/mol. The number of halogens is 2. The minimum atomic E-state index is -0.545. The monoisotopic (exact) mass is 210 g/mol.